The molecule has 5 nitrogen and oxygen atoms in total. The van der Waals surface area contributed by atoms with Gasteiger partial charge in [0.2, 0.25) is 0 Å². The Balaban J connectivity index is 1.82. The molecule has 1 amide bonds. The van der Waals surface area contributed by atoms with Gasteiger partial charge in [-0.15, -0.1) is 0 Å². The molecular weight excluding hydrogens is 311 g/mol. The second-order valence-electron chi connectivity index (χ2n) is 6.72. The lowest BCUT2D eigenvalue weighted by Crippen LogP contribution is -2.45. The minimum absolute atomic E-state index is 0.151. The van der Waals surface area contributed by atoms with Gasteiger partial charge in [0, 0.05) is 31.3 Å². The van der Waals surface area contributed by atoms with Crippen LogP contribution >= 0.6 is 0 Å². The van der Waals surface area contributed by atoms with E-state index in [0.29, 0.717) is 18.5 Å². The summed E-state index contributed by atoms with van der Waals surface area (Å²) >= 11 is 0. The Morgan fingerprint density at radius 3 is 2.96 bits per heavy atom. The van der Waals surface area contributed by atoms with Crippen molar-refractivity contribution >= 4 is 5.91 Å². The van der Waals surface area contributed by atoms with Gasteiger partial charge in [0.1, 0.15) is 5.82 Å². The predicted octanol–water partition coefficient (Wildman–Crippen LogP) is 2.65. The Hall–Kier alpha value is -1.50. The van der Waals surface area contributed by atoms with Crippen LogP contribution in [0.3, 0.4) is 0 Å². The third-order valence-electron chi connectivity index (χ3n) is 5.16. The van der Waals surface area contributed by atoms with Gasteiger partial charge in [-0.3, -0.25) is 14.9 Å². The quantitative estimate of drug-likeness (QED) is 0.655. The Morgan fingerprint density at radius 2 is 2.29 bits per heavy atom. The van der Waals surface area contributed by atoms with Crippen LogP contribution in [-0.4, -0.2) is 41.3 Å². The van der Waals surface area contributed by atoms with Gasteiger partial charge < -0.3 is 4.74 Å². The van der Waals surface area contributed by atoms with Crippen LogP contribution in [-0.2, 0) is 17.7 Å². The smallest absolute Gasteiger partial charge is 0.274 e. The number of carbonyl (C=O) groups is 1. The molecular formula is C18H25FN2O3. The number of rotatable bonds is 4. The summed E-state index contributed by atoms with van der Waals surface area (Å²) in [4.78, 5) is 14.0. The molecule has 2 N–H and O–H groups in total. The van der Waals surface area contributed by atoms with Crippen LogP contribution in [0.4, 0.5) is 4.39 Å². The third kappa shape index (κ3) is 3.61. The first-order valence-electron chi connectivity index (χ1n) is 8.73. The highest BCUT2D eigenvalue weighted by Crippen LogP contribution is 2.29. The molecule has 0 unspecified atom stereocenters. The maximum Gasteiger partial charge on any atom is 0.274 e. The summed E-state index contributed by atoms with van der Waals surface area (Å²) in [5, 5.41) is 8.78. The molecule has 2 aliphatic rings. The molecule has 6 heteroatoms. The number of hydrogen-bond donors (Lipinski definition) is 2. The second kappa shape index (κ2) is 7.59. The van der Waals surface area contributed by atoms with Crippen molar-refractivity contribution in [3.63, 3.8) is 0 Å². The molecule has 0 spiro atoms. The van der Waals surface area contributed by atoms with Gasteiger partial charge in [-0.25, -0.2) is 9.87 Å². The lowest BCUT2D eigenvalue weighted by atomic mass is 9.90. The molecule has 24 heavy (non-hydrogen) atoms. The van der Waals surface area contributed by atoms with Crippen LogP contribution in [0.15, 0.2) is 12.1 Å². The van der Waals surface area contributed by atoms with Crippen molar-refractivity contribution < 1.29 is 19.1 Å². The number of hydroxylamine groups is 1. The maximum atomic E-state index is 14.4. The molecule has 132 valence electrons. The second-order valence-corrected chi connectivity index (χ2v) is 6.72. The summed E-state index contributed by atoms with van der Waals surface area (Å²) < 4.78 is 20.3. The van der Waals surface area contributed by atoms with Crippen LogP contribution in [0.1, 0.15) is 54.1 Å². The van der Waals surface area contributed by atoms with Crippen molar-refractivity contribution in [3.05, 3.63) is 34.6 Å². The Kier molecular flexibility index (Phi) is 5.48. The fourth-order valence-corrected chi connectivity index (χ4v) is 3.80. The third-order valence-corrected chi connectivity index (χ3v) is 5.16. The predicted molar refractivity (Wildman–Crippen MR) is 87.4 cm³/mol. The lowest BCUT2D eigenvalue weighted by molar-refractivity contribution is -0.0182. The standard InChI is InChI=1S/C18H25FN2O3/c1-2-14-9-16-13(7-12(8-17(16)19)18(22)20-23)10-21(14)11-15-5-3-4-6-24-15/h7-8,14-15,23H,2-6,9-11H2,1H3,(H,20,22)/t14-,15-/m0/s1. The van der Waals surface area contributed by atoms with E-state index in [1.165, 1.54) is 12.5 Å². The molecule has 1 fully saturated rings. The van der Waals surface area contributed by atoms with E-state index in [1.54, 1.807) is 11.5 Å². The minimum Gasteiger partial charge on any atom is -0.377 e. The summed E-state index contributed by atoms with van der Waals surface area (Å²) in [5.74, 6) is -1.05. The number of amides is 1. The van der Waals surface area contributed by atoms with Crippen molar-refractivity contribution in [2.45, 2.75) is 57.7 Å². The van der Waals surface area contributed by atoms with Crippen molar-refractivity contribution in [2.24, 2.45) is 0 Å². The van der Waals surface area contributed by atoms with E-state index in [4.69, 9.17) is 9.94 Å². The van der Waals surface area contributed by atoms with Crippen LogP contribution < -0.4 is 5.48 Å². The van der Waals surface area contributed by atoms with Crippen LogP contribution in [0.25, 0.3) is 0 Å². The first kappa shape index (κ1) is 17.3. The van der Waals surface area contributed by atoms with E-state index in [0.717, 1.165) is 38.0 Å². The van der Waals surface area contributed by atoms with E-state index < -0.39 is 5.91 Å². The van der Waals surface area contributed by atoms with E-state index in [1.807, 2.05) is 0 Å². The van der Waals surface area contributed by atoms with Crippen LogP contribution in [0.5, 0.6) is 0 Å². The zero-order chi connectivity index (χ0) is 17.1. The minimum atomic E-state index is -0.684. The largest absolute Gasteiger partial charge is 0.377 e. The van der Waals surface area contributed by atoms with Crippen molar-refractivity contribution in [1.82, 2.24) is 10.4 Å². The molecule has 1 aromatic carbocycles. The number of nitrogens with zero attached hydrogens (tertiary/aromatic N) is 1. The number of carbonyl (C=O) groups excluding carboxylic acids is 1. The first-order chi connectivity index (χ1) is 11.6. The number of nitrogens with one attached hydrogen (secondary N) is 1. The normalized spacial score (nSPS) is 24.5. The first-order valence-corrected chi connectivity index (χ1v) is 8.73. The zero-order valence-corrected chi connectivity index (χ0v) is 14.1. The molecule has 2 heterocycles. The van der Waals surface area contributed by atoms with E-state index in [-0.39, 0.29) is 23.5 Å². The van der Waals surface area contributed by atoms with E-state index in [9.17, 15) is 9.18 Å². The Labute approximate surface area is 141 Å². The van der Waals surface area contributed by atoms with Gasteiger partial charge >= 0.3 is 0 Å². The number of ether oxygens (including phenoxy) is 1. The SMILES string of the molecule is CC[C@H]1Cc2c(F)cc(C(=O)NO)cc2CN1C[C@@H]1CCCCO1. The van der Waals surface area contributed by atoms with E-state index >= 15 is 0 Å². The van der Waals surface area contributed by atoms with Gasteiger partial charge in [-0.05, 0) is 55.4 Å². The summed E-state index contributed by atoms with van der Waals surface area (Å²) in [7, 11) is 0. The summed E-state index contributed by atoms with van der Waals surface area (Å²) in [6.07, 6.45) is 5.22. The van der Waals surface area contributed by atoms with Gasteiger partial charge in [0.05, 0.1) is 6.10 Å². The van der Waals surface area contributed by atoms with Gasteiger partial charge in [-0.1, -0.05) is 6.92 Å². The number of fused-ring (bicyclic) bond motifs is 1. The molecule has 0 aliphatic carbocycles. The highest BCUT2D eigenvalue weighted by molar-refractivity contribution is 5.93. The monoisotopic (exact) mass is 336 g/mol. The van der Waals surface area contributed by atoms with Crippen LogP contribution in [0.2, 0.25) is 0 Å². The molecule has 0 bridgehead atoms. The Bertz CT molecular complexity index is 602. The highest BCUT2D eigenvalue weighted by atomic mass is 19.1. The lowest BCUT2D eigenvalue weighted by Gasteiger charge is -2.39. The molecule has 3 rings (SSSR count). The number of hydrogen-bond acceptors (Lipinski definition) is 4. The fourth-order valence-electron chi connectivity index (χ4n) is 3.80. The van der Waals surface area contributed by atoms with Crippen molar-refractivity contribution in [2.75, 3.05) is 13.2 Å². The zero-order valence-electron chi connectivity index (χ0n) is 14.1. The van der Waals surface area contributed by atoms with Crippen molar-refractivity contribution in [1.29, 1.82) is 0 Å². The van der Waals surface area contributed by atoms with Gasteiger partial charge in [0.25, 0.3) is 5.91 Å². The number of halogens is 1. The molecule has 1 saturated heterocycles. The molecule has 0 saturated carbocycles. The summed E-state index contributed by atoms with van der Waals surface area (Å²) in [5.41, 5.74) is 3.24. The van der Waals surface area contributed by atoms with Gasteiger partial charge in [-0.2, -0.15) is 0 Å². The molecule has 0 radical (unpaired) electrons. The average Bonchev–Trinajstić information content (AvgIpc) is 2.61. The highest BCUT2D eigenvalue weighted by Gasteiger charge is 2.30. The topological polar surface area (TPSA) is 61.8 Å². The van der Waals surface area contributed by atoms with Gasteiger partial charge in [0.15, 0.2) is 0 Å². The molecule has 0 aromatic heterocycles. The van der Waals surface area contributed by atoms with Crippen molar-refractivity contribution in [3.8, 4) is 0 Å². The van der Waals surface area contributed by atoms with E-state index in [2.05, 4.69) is 11.8 Å². The average molecular weight is 336 g/mol. The Morgan fingerprint density at radius 1 is 1.46 bits per heavy atom. The van der Waals surface area contributed by atoms with Crippen LogP contribution in [0, 0.1) is 5.82 Å². The molecule has 2 atom stereocenters. The molecule has 1 aromatic rings. The summed E-state index contributed by atoms with van der Waals surface area (Å²) in [6, 6.07) is 3.18. The summed E-state index contributed by atoms with van der Waals surface area (Å²) in [6.45, 7) is 4.39. The molecule has 2 aliphatic heterocycles. The maximum absolute atomic E-state index is 14.4. The fraction of sp³-hybridized carbons (Fsp3) is 0.611. The number of benzene rings is 1.